The number of hydrogen-bond acceptors (Lipinski definition) is 8. The van der Waals surface area contributed by atoms with Gasteiger partial charge in [0.05, 0.1) is 18.8 Å². The van der Waals surface area contributed by atoms with Crippen LogP contribution in [0, 0.1) is 0 Å². The lowest BCUT2D eigenvalue weighted by atomic mass is 9.98. The topological polar surface area (TPSA) is 138 Å². The van der Waals surface area contributed by atoms with Crippen molar-refractivity contribution in [3.05, 3.63) is 82.4 Å². The number of rotatable bonds is 8. The van der Waals surface area contributed by atoms with Crippen molar-refractivity contribution < 1.29 is 15.3 Å². The molecular weight excluding hydrogens is 460 g/mol. The summed E-state index contributed by atoms with van der Waals surface area (Å²) in [5, 5.41) is 33.4. The van der Waals surface area contributed by atoms with Crippen molar-refractivity contribution in [2.45, 2.75) is 44.4 Å². The zero-order valence-corrected chi connectivity index (χ0v) is 19.9. The highest BCUT2D eigenvalue weighted by atomic mass is 16.3. The molecule has 10 heteroatoms. The van der Waals surface area contributed by atoms with Gasteiger partial charge in [0.15, 0.2) is 11.5 Å². The van der Waals surface area contributed by atoms with E-state index in [9.17, 15) is 15.0 Å². The van der Waals surface area contributed by atoms with Crippen LogP contribution in [0.4, 0.5) is 11.6 Å². The third-order valence-electron chi connectivity index (χ3n) is 6.72. The van der Waals surface area contributed by atoms with Crippen LogP contribution in [0.25, 0.3) is 16.9 Å². The number of nitrogens with zero attached hydrogens (tertiary/aromatic N) is 5. The van der Waals surface area contributed by atoms with Crippen molar-refractivity contribution in [2.24, 2.45) is 0 Å². The Morgan fingerprint density at radius 1 is 1.22 bits per heavy atom. The molecule has 2 atom stereocenters. The Kier molecular flexibility index (Phi) is 6.17. The molecule has 0 saturated carbocycles. The van der Waals surface area contributed by atoms with Gasteiger partial charge in [-0.2, -0.15) is 4.98 Å². The quantitative estimate of drug-likeness (QED) is 0.278. The van der Waals surface area contributed by atoms with Crippen molar-refractivity contribution in [3.63, 3.8) is 0 Å². The summed E-state index contributed by atoms with van der Waals surface area (Å²) in [6, 6.07) is 10.7. The average molecular weight is 489 g/mol. The molecule has 10 nitrogen and oxygen atoms in total. The summed E-state index contributed by atoms with van der Waals surface area (Å²) in [7, 11) is 0. The molecule has 0 fully saturated rings. The van der Waals surface area contributed by atoms with Crippen LogP contribution >= 0.6 is 0 Å². The van der Waals surface area contributed by atoms with Crippen LogP contribution in [0.5, 0.6) is 0 Å². The van der Waals surface area contributed by atoms with Crippen LogP contribution in [0.1, 0.15) is 42.7 Å². The minimum Gasteiger partial charge on any atom is -0.393 e. The first kappa shape index (κ1) is 23.9. The van der Waals surface area contributed by atoms with Gasteiger partial charge in [0.1, 0.15) is 17.1 Å². The molecule has 0 saturated heterocycles. The molecule has 36 heavy (non-hydrogen) atoms. The van der Waals surface area contributed by atoms with Gasteiger partial charge >= 0.3 is 0 Å². The number of hydrogen-bond donors (Lipinski definition) is 4. The second-order valence-corrected chi connectivity index (χ2v) is 8.93. The van der Waals surface area contributed by atoms with Crippen molar-refractivity contribution >= 4 is 22.7 Å². The molecule has 0 spiro atoms. The molecule has 5 rings (SSSR count). The van der Waals surface area contributed by atoms with Gasteiger partial charge in [-0.05, 0) is 48.6 Å². The number of nitrogens with one attached hydrogen (secondary N) is 1. The van der Waals surface area contributed by atoms with E-state index in [0.29, 0.717) is 46.6 Å². The van der Waals surface area contributed by atoms with Crippen LogP contribution in [0.15, 0.2) is 60.0 Å². The van der Waals surface area contributed by atoms with Crippen molar-refractivity contribution in [1.82, 2.24) is 24.3 Å². The Balaban J connectivity index is 1.60. The summed E-state index contributed by atoms with van der Waals surface area (Å²) < 4.78 is 3.14. The Hall–Kier alpha value is -3.86. The van der Waals surface area contributed by atoms with E-state index in [2.05, 4.69) is 21.9 Å². The standard InChI is InChI=1S/C26H28N6O4/c1-3-13-31-24(35)19-14-27-25(28-18-8-5-16(6-9-18)20(34)15-33)30-23(19)32(31)21-10-7-17-11-12-26(36,4-2)22(17)29-21/h3,5-10,14,20,33-34,36H,1,4,11-13,15H2,2H3,(H,27,28,30)/t20?,26-/m1/s1. The molecule has 1 aromatic carbocycles. The molecule has 0 radical (unpaired) electrons. The Bertz CT molecular complexity index is 1490. The van der Waals surface area contributed by atoms with E-state index in [1.807, 2.05) is 19.1 Å². The molecule has 3 aromatic heterocycles. The van der Waals surface area contributed by atoms with Gasteiger partial charge in [0, 0.05) is 11.9 Å². The molecule has 0 aliphatic heterocycles. The first-order chi connectivity index (χ1) is 17.4. The van der Waals surface area contributed by atoms with Crippen LogP contribution in [0.2, 0.25) is 0 Å². The Morgan fingerprint density at radius 3 is 2.69 bits per heavy atom. The number of aliphatic hydroxyl groups is 3. The van der Waals surface area contributed by atoms with Gasteiger partial charge in [-0.25, -0.2) is 19.3 Å². The lowest BCUT2D eigenvalue weighted by Crippen LogP contribution is -2.25. The van der Waals surface area contributed by atoms with Crippen LogP contribution in [-0.2, 0) is 18.6 Å². The van der Waals surface area contributed by atoms with Gasteiger partial charge in [-0.15, -0.1) is 6.58 Å². The summed E-state index contributed by atoms with van der Waals surface area (Å²) in [5.41, 5.74) is 2.01. The highest BCUT2D eigenvalue weighted by Gasteiger charge is 2.37. The molecule has 1 aliphatic carbocycles. The van der Waals surface area contributed by atoms with Gasteiger partial charge in [-0.1, -0.05) is 31.2 Å². The summed E-state index contributed by atoms with van der Waals surface area (Å²) >= 11 is 0. The van der Waals surface area contributed by atoms with Gasteiger partial charge in [0.25, 0.3) is 5.56 Å². The number of aliphatic hydroxyl groups excluding tert-OH is 2. The van der Waals surface area contributed by atoms with E-state index in [1.165, 1.54) is 10.9 Å². The Labute approximate surface area is 207 Å². The number of aromatic nitrogens is 5. The number of aryl methyl sites for hydroxylation is 1. The zero-order valence-electron chi connectivity index (χ0n) is 19.9. The van der Waals surface area contributed by atoms with E-state index in [0.717, 1.165) is 12.0 Å². The average Bonchev–Trinajstić information content (AvgIpc) is 3.38. The fourth-order valence-corrected chi connectivity index (χ4v) is 4.64. The minimum absolute atomic E-state index is 0.239. The molecule has 1 aliphatic rings. The smallest absolute Gasteiger partial charge is 0.278 e. The molecule has 1 unspecified atom stereocenters. The molecule has 4 aromatic rings. The molecule has 186 valence electrons. The minimum atomic E-state index is -0.991. The van der Waals surface area contributed by atoms with Crippen molar-refractivity contribution in [3.8, 4) is 5.82 Å². The van der Waals surface area contributed by atoms with E-state index in [4.69, 9.17) is 10.1 Å². The summed E-state index contributed by atoms with van der Waals surface area (Å²) in [6.45, 7) is 5.59. The third kappa shape index (κ3) is 3.98. The lowest BCUT2D eigenvalue weighted by molar-refractivity contribution is 0.0306. The van der Waals surface area contributed by atoms with E-state index in [-0.39, 0.29) is 24.7 Å². The number of allylic oxidation sites excluding steroid dienone is 1. The second-order valence-electron chi connectivity index (χ2n) is 8.93. The van der Waals surface area contributed by atoms with E-state index >= 15 is 0 Å². The molecule has 0 amide bonds. The number of anilines is 2. The predicted molar refractivity (Wildman–Crippen MR) is 135 cm³/mol. The fraction of sp³-hybridized carbons (Fsp3) is 0.308. The van der Waals surface area contributed by atoms with Gasteiger partial charge < -0.3 is 20.6 Å². The molecule has 0 bridgehead atoms. The summed E-state index contributed by atoms with van der Waals surface area (Å²) in [4.78, 5) is 26.9. The maximum absolute atomic E-state index is 13.2. The number of benzene rings is 1. The third-order valence-corrected chi connectivity index (χ3v) is 6.72. The number of pyridine rings is 1. The summed E-state index contributed by atoms with van der Waals surface area (Å²) in [6.07, 6.45) is 4.07. The fourth-order valence-electron chi connectivity index (χ4n) is 4.64. The van der Waals surface area contributed by atoms with Gasteiger partial charge in [0.2, 0.25) is 5.95 Å². The van der Waals surface area contributed by atoms with E-state index in [1.54, 1.807) is 35.0 Å². The van der Waals surface area contributed by atoms with Crippen molar-refractivity contribution in [1.29, 1.82) is 0 Å². The van der Waals surface area contributed by atoms with Crippen molar-refractivity contribution in [2.75, 3.05) is 11.9 Å². The zero-order chi connectivity index (χ0) is 25.4. The van der Waals surface area contributed by atoms with Crippen LogP contribution in [0.3, 0.4) is 0 Å². The molecular formula is C26H28N6O4. The first-order valence-corrected chi connectivity index (χ1v) is 11.9. The lowest BCUT2D eigenvalue weighted by Gasteiger charge is -2.21. The van der Waals surface area contributed by atoms with Gasteiger partial charge in [-0.3, -0.25) is 4.79 Å². The van der Waals surface area contributed by atoms with E-state index < -0.39 is 11.7 Å². The maximum atomic E-state index is 13.2. The highest BCUT2D eigenvalue weighted by molar-refractivity contribution is 5.77. The maximum Gasteiger partial charge on any atom is 0.278 e. The monoisotopic (exact) mass is 488 g/mol. The van der Waals surface area contributed by atoms with Crippen LogP contribution < -0.4 is 10.9 Å². The molecule has 4 N–H and O–H groups in total. The highest BCUT2D eigenvalue weighted by Crippen LogP contribution is 2.38. The normalized spacial score (nSPS) is 17.8. The number of fused-ring (bicyclic) bond motifs is 2. The second kappa shape index (κ2) is 9.30. The van der Waals surface area contributed by atoms with Crippen LogP contribution in [-0.4, -0.2) is 46.2 Å². The SMILES string of the molecule is C=CCn1c(=O)c2cnc(Nc3ccc(C(O)CO)cc3)nc2n1-c1ccc2c(n1)[C@@](O)(CC)CC2. The predicted octanol–water partition coefficient (Wildman–Crippen LogP) is 2.48. The largest absolute Gasteiger partial charge is 0.393 e. The Morgan fingerprint density at radius 2 is 2.00 bits per heavy atom. The molecule has 3 heterocycles. The summed E-state index contributed by atoms with van der Waals surface area (Å²) in [5.74, 6) is 0.747. The first-order valence-electron chi connectivity index (χ1n) is 11.9.